The summed E-state index contributed by atoms with van der Waals surface area (Å²) in [6.07, 6.45) is 3.08. The van der Waals surface area contributed by atoms with Crippen LogP contribution in [0.5, 0.6) is 0 Å². The number of rotatable bonds is 2. The fourth-order valence-corrected chi connectivity index (χ4v) is 4.63. The van der Waals surface area contributed by atoms with Gasteiger partial charge in [0.05, 0.1) is 5.54 Å². The summed E-state index contributed by atoms with van der Waals surface area (Å²) in [6, 6.07) is 9.97. The molecule has 1 aliphatic heterocycles. The number of ether oxygens (including phenoxy) is 1. The lowest BCUT2D eigenvalue weighted by Gasteiger charge is -2.36. The van der Waals surface area contributed by atoms with Crippen LogP contribution in [0.25, 0.3) is 0 Å². The highest BCUT2D eigenvalue weighted by Gasteiger charge is 2.42. The van der Waals surface area contributed by atoms with E-state index in [4.69, 9.17) is 4.74 Å². The average Bonchev–Trinajstić information content (AvgIpc) is 2.47. The quantitative estimate of drug-likeness (QED) is 0.908. The first-order valence-corrected chi connectivity index (χ1v) is 9.23. The van der Waals surface area contributed by atoms with Gasteiger partial charge in [-0.3, -0.25) is 0 Å². The zero-order chi connectivity index (χ0) is 15.8. The van der Waals surface area contributed by atoms with Crippen molar-refractivity contribution >= 4 is 16.0 Å². The van der Waals surface area contributed by atoms with Crippen molar-refractivity contribution < 1.29 is 13.2 Å². The molecule has 0 saturated heterocycles. The van der Waals surface area contributed by atoms with Gasteiger partial charge in [0.25, 0.3) is 10.0 Å². The summed E-state index contributed by atoms with van der Waals surface area (Å²) < 4.78 is 34.4. The first-order valence-electron chi connectivity index (χ1n) is 7.73. The average molecular weight is 322 g/mol. The van der Waals surface area contributed by atoms with E-state index in [1.54, 1.807) is 0 Å². The molecular weight excluding hydrogens is 300 g/mol. The lowest BCUT2D eigenvalue weighted by atomic mass is 9.94. The fraction of sp³-hybridized carbons (Fsp3) is 0.562. The van der Waals surface area contributed by atoms with Gasteiger partial charge in [-0.15, -0.1) is 4.40 Å². The summed E-state index contributed by atoms with van der Waals surface area (Å²) in [4.78, 5) is 0. The van der Waals surface area contributed by atoms with E-state index in [9.17, 15) is 8.42 Å². The molecule has 6 heteroatoms. The standard InChI is InChI=1S/C16H22N2O3S/c1-16(2,12-8-4-3-5-9-12)17-15-18-22(19,20)14-11-7-6-10-13(14)21-15/h3-5,8-9,13-14H,6-7,10-11H2,1-2H3,(H,17,18). The molecule has 0 amide bonds. The largest absolute Gasteiger partial charge is 0.460 e. The van der Waals surface area contributed by atoms with Gasteiger partial charge in [-0.25, -0.2) is 8.42 Å². The summed E-state index contributed by atoms with van der Waals surface area (Å²) in [6.45, 7) is 3.96. The molecule has 1 aliphatic carbocycles. The topological polar surface area (TPSA) is 67.8 Å². The van der Waals surface area contributed by atoms with E-state index in [0.717, 1.165) is 24.8 Å². The molecule has 1 heterocycles. The number of hydrogen-bond donors (Lipinski definition) is 1. The van der Waals surface area contributed by atoms with Gasteiger partial charge in [0.2, 0.25) is 0 Å². The van der Waals surface area contributed by atoms with Crippen molar-refractivity contribution in [2.45, 2.75) is 56.4 Å². The molecule has 1 N–H and O–H groups in total. The van der Waals surface area contributed by atoms with E-state index in [-0.39, 0.29) is 12.1 Å². The molecule has 1 saturated carbocycles. The maximum absolute atomic E-state index is 12.3. The van der Waals surface area contributed by atoms with Crippen LogP contribution in [0.2, 0.25) is 0 Å². The molecule has 1 aromatic rings. The Labute approximate surface area is 131 Å². The van der Waals surface area contributed by atoms with Gasteiger partial charge in [0, 0.05) is 0 Å². The first-order chi connectivity index (χ1) is 10.4. The third kappa shape index (κ3) is 2.97. The maximum Gasteiger partial charge on any atom is 0.301 e. The van der Waals surface area contributed by atoms with Crippen molar-refractivity contribution in [3.8, 4) is 0 Å². The number of hydrogen-bond acceptors (Lipinski definition) is 4. The fourth-order valence-electron chi connectivity index (χ4n) is 3.13. The Morgan fingerprint density at radius 3 is 2.59 bits per heavy atom. The third-order valence-electron chi connectivity index (χ3n) is 4.41. The summed E-state index contributed by atoms with van der Waals surface area (Å²) in [7, 11) is -3.49. The number of fused-ring (bicyclic) bond motifs is 1. The summed E-state index contributed by atoms with van der Waals surface area (Å²) >= 11 is 0. The van der Waals surface area contributed by atoms with Gasteiger partial charge in [0.1, 0.15) is 11.4 Å². The van der Waals surface area contributed by atoms with Gasteiger partial charge >= 0.3 is 6.02 Å². The highest BCUT2D eigenvalue weighted by Crippen LogP contribution is 2.31. The van der Waals surface area contributed by atoms with Crippen LogP contribution in [-0.4, -0.2) is 25.8 Å². The number of nitrogens with one attached hydrogen (secondary N) is 1. The Hall–Kier alpha value is -1.56. The van der Waals surface area contributed by atoms with Crippen LogP contribution < -0.4 is 5.32 Å². The Kier molecular flexibility index (Phi) is 3.89. The van der Waals surface area contributed by atoms with Gasteiger partial charge < -0.3 is 10.1 Å². The molecular formula is C16H22N2O3S. The van der Waals surface area contributed by atoms with Crippen molar-refractivity contribution in [2.24, 2.45) is 4.40 Å². The minimum Gasteiger partial charge on any atom is -0.460 e. The molecule has 1 fully saturated rings. The van der Waals surface area contributed by atoms with Gasteiger partial charge in [-0.1, -0.05) is 36.8 Å². The second-order valence-electron chi connectivity index (χ2n) is 6.51. The predicted molar refractivity (Wildman–Crippen MR) is 86.1 cm³/mol. The minimum atomic E-state index is -3.49. The second kappa shape index (κ2) is 5.57. The number of amidine groups is 1. The summed E-state index contributed by atoms with van der Waals surface area (Å²) in [5.41, 5.74) is 0.585. The van der Waals surface area contributed by atoms with E-state index < -0.39 is 20.8 Å². The molecule has 2 unspecified atom stereocenters. The van der Waals surface area contributed by atoms with E-state index in [0.29, 0.717) is 6.42 Å². The monoisotopic (exact) mass is 322 g/mol. The molecule has 0 radical (unpaired) electrons. The molecule has 0 bridgehead atoms. The van der Waals surface area contributed by atoms with Gasteiger partial charge in [-0.2, -0.15) is 0 Å². The van der Waals surface area contributed by atoms with E-state index in [2.05, 4.69) is 9.71 Å². The summed E-state index contributed by atoms with van der Waals surface area (Å²) in [5, 5.41) is 2.67. The van der Waals surface area contributed by atoms with Crippen molar-refractivity contribution in [1.82, 2.24) is 5.32 Å². The van der Waals surface area contributed by atoms with Crippen LogP contribution >= 0.6 is 0 Å². The molecule has 0 aromatic heterocycles. The molecule has 5 nitrogen and oxygen atoms in total. The normalized spacial score (nSPS) is 27.3. The smallest absolute Gasteiger partial charge is 0.301 e. The van der Waals surface area contributed by atoms with Crippen LogP contribution in [-0.2, 0) is 20.3 Å². The number of benzene rings is 1. The van der Waals surface area contributed by atoms with E-state index in [1.165, 1.54) is 0 Å². The lowest BCUT2D eigenvalue weighted by molar-refractivity contribution is 0.128. The highest BCUT2D eigenvalue weighted by atomic mass is 32.2. The lowest BCUT2D eigenvalue weighted by Crippen LogP contribution is -2.50. The molecule has 22 heavy (non-hydrogen) atoms. The molecule has 1 aromatic carbocycles. The van der Waals surface area contributed by atoms with Crippen LogP contribution in [0, 0.1) is 0 Å². The van der Waals surface area contributed by atoms with Crippen molar-refractivity contribution in [1.29, 1.82) is 0 Å². The van der Waals surface area contributed by atoms with Gasteiger partial charge in [0.15, 0.2) is 0 Å². The van der Waals surface area contributed by atoms with E-state index in [1.807, 2.05) is 44.2 Å². The predicted octanol–water partition coefficient (Wildman–Crippen LogP) is 2.54. The van der Waals surface area contributed by atoms with Crippen LogP contribution in [0.4, 0.5) is 0 Å². The molecule has 0 spiro atoms. The number of sulfonamides is 1. The van der Waals surface area contributed by atoms with Crippen LogP contribution in [0.15, 0.2) is 34.7 Å². The zero-order valence-electron chi connectivity index (χ0n) is 13.0. The number of nitrogens with zero attached hydrogens (tertiary/aromatic N) is 1. The Bertz CT molecular complexity index is 668. The second-order valence-corrected chi connectivity index (χ2v) is 8.32. The van der Waals surface area contributed by atoms with Crippen LogP contribution in [0.1, 0.15) is 45.1 Å². The van der Waals surface area contributed by atoms with Crippen molar-refractivity contribution in [2.75, 3.05) is 0 Å². The third-order valence-corrected chi connectivity index (χ3v) is 6.14. The molecule has 120 valence electrons. The summed E-state index contributed by atoms with van der Waals surface area (Å²) in [5.74, 6) is 0. The zero-order valence-corrected chi connectivity index (χ0v) is 13.8. The maximum atomic E-state index is 12.3. The SMILES string of the molecule is CC(C)(NC1=NS(=O)(=O)C2CCCCC2O1)c1ccccc1. The first kappa shape index (κ1) is 15.3. The Morgan fingerprint density at radius 1 is 1.18 bits per heavy atom. The minimum absolute atomic E-state index is 0.122. The Balaban J connectivity index is 1.85. The van der Waals surface area contributed by atoms with E-state index >= 15 is 0 Å². The highest BCUT2D eigenvalue weighted by molar-refractivity contribution is 7.91. The van der Waals surface area contributed by atoms with Crippen LogP contribution in [0.3, 0.4) is 0 Å². The molecule has 2 aliphatic rings. The van der Waals surface area contributed by atoms with Crippen molar-refractivity contribution in [3.05, 3.63) is 35.9 Å². The molecule has 3 rings (SSSR count). The Morgan fingerprint density at radius 2 is 1.86 bits per heavy atom. The molecule has 2 atom stereocenters. The van der Waals surface area contributed by atoms with Crippen molar-refractivity contribution in [3.63, 3.8) is 0 Å². The van der Waals surface area contributed by atoms with Gasteiger partial charge in [-0.05, 0) is 38.7 Å².